The fraction of sp³-hybridized carbons (Fsp3) is 0.462. The van der Waals surface area contributed by atoms with E-state index in [1.54, 1.807) is 12.3 Å². The molecule has 3 aromatic rings. The van der Waals surface area contributed by atoms with Gasteiger partial charge in [-0.1, -0.05) is 0 Å². The van der Waals surface area contributed by atoms with E-state index in [9.17, 15) is 18.4 Å². The van der Waals surface area contributed by atoms with Crippen LogP contribution in [0.3, 0.4) is 0 Å². The van der Waals surface area contributed by atoms with Crippen LogP contribution in [0.5, 0.6) is 0 Å². The first-order chi connectivity index (χ1) is 17.4. The van der Waals surface area contributed by atoms with Crippen LogP contribution in [0.4, 0.5) is 14.5 Å². The van der Waals surface area contributed by atoms with Gasteiger partial charge in [-0.3, -0.25) is 14.5 Å². The summed E-state index contributed by atoms with van der Waals surface area (Å²) in [7, 11) is 0. The molecule has 1 saturated heterocycles. The lowest BCUT2D eigenvalue weighted by Gasteiger charge is -2.39. The highest BCUT2D eigenvalue weighted by molar-refractivity contribution is 5.93. The second kappa shape index (κ2) is 9.24. The smallest absolute Gasteiger partial charge is 0.273 e. The molecule has 188 valence electrons. The molecule has 2 aliphatic carbocycles. The number of hydrogen-bond donors (Lipinski definition) is 2. The molecule has 3 heterocycles. The largest absolute Gasteiger partial charge is 0.368 e. The number of piperazine rings is 1. The van der Waals surface area contributed by atoms with E-state index < -0.39 is 17.5 Å². The highest BCUT2D eigenvalue weighted by Gasteiger charge is 2.33. The highest BCUT2D eigenvalue weighted by Crippen LogP contribution is 2.36. The fourth-order valence-electron chi connectivity index (χ4n) is 5.45. The number of amides is 1. The van der Waals surface area contributed by atoms with Crippen LogP contribution in [-0.4, -0.2) is 64.0 Å². The SMILES string of the molecule is O=C(NC1CC1)c1ncc(N2CCN([C@H]3CC[C@@H](c4nc5ccc(F)cc5c(=O)[nH]4)C3)CC2)cc1F. The maximum Gasteiger partial charge on any atom is 0.273 e. The molecule has 2 saturated carbocycles. The first kappa shape index (κ1) is 23.0. The fourth-order valence-corrected chi connectivity index (χ4v) is 5.45. The van der Waals surface area contributed by atoms with Gasteiger partial charge in [-0.15, -0.1) is 0 Å². The van der Waals surface area contributed by atoms with Crippen LogP contribution in [0.15, 0.2) is 35.3 Å². The first-order valence-electron chi connectivity index (χ1n) is 12.6. The van der Waals surface area contributed by atoms with Crippen molar-refractivity contribution in [3.8, 4) is 0 Å². The van der Waals surface area contributed by atoms with E-state index in [0.717, 1.165) is 58.3 Å². The molecule has 0 unspecified atom stereocenters. The van der Waals surface area contributed by atoms with Gasteiger partial charge in [0, 0.05) is 50.2 Å². The number of hydrogen-bond acceptors (Lipinski definition) is 6. The molecule has 3 fully saturated rings. The molecule has 1 amide bonds. The predicted octanol–water partition coefficient (Wildman–Crippen LogP) is 2.95. The molecular weight excluding hydrogens is 466 g/mol. The Morgan fingerprint density at radius 1 is 1.06 bits per heavy atom. The van der Waals surface area contributed by atoms with Gasteiger partial charge in [0.15, 0.2) is 11.5 Å². The third-order valence-corrected chi connectivity index (χ3v) is 7.63. The average molecular weight is 495 g/mol. The van der Waals surface area contributed by atoms with Crippen LogP contribution in [0, 0.1) is 11.6 Å². The minimum atomic E-state index is -0.591. The van der Waals surface area contributed by atoms with Crippen molar-refractivity contribution in [2.75, 3.05) is 31.1 Å². The summed E-state index contributed by atoms with van der Waals surface area (Å²) in [6.45, 7) is 3.16. The van der Waals surface area contributed by atoms with Crippen LogP contribution in [0.1, 0.15) is 54.3 Å². The number of nitrogens with zero attached hydrogens (tertiary/aromatic N) is 4. The zero-order valence-electron chi connectivity index (χ0n) is 19.8. The van der Waals surface area contributed by atoms with E-state index in [1.807, 2.05) is 0 Å². The molecule has 36 heavy (non-hydrogen) atoms. The maximum atomic E-state index is 14.6. The number of rotatable bonds is 5. The molecule has 1 aromatic carbocycles. The van der Waals surface area contributed by atoms with Gasteiger partial charge < -0.3 is 15.2 Å². The van der Waals surface area contributed by atoms with Gasteiger partial charge in [0.1, 0.15) is 11.6 Å². The minimum absolute atomic E-state index is 0.147. The topological polar surface area (TPSA) is 94.2 Å². The quantitative estimate of drug-likeness (QED) is 0.567. The Bertz CT molecular complexity index is 1370. The second-order valence-electron chi connectivity index (χ2n) is 10.1. The van der Waals surface area contributed by atoms with Crippen molar-refractivity contribution in [1.29, 1.82) is 0 Å². The van der Waals surface area contributed by atoms with Gasteiger partial charge in [0.25, 0.3) is 11.5 Å². The van der Waals surface area contributed by atoms with Crippen LogP contribution >= 0.6 is 0 Å². The number of H-pyrrole nitrogens is 1. The van der Waals surface area contributed by atoms with Crippen molar-refractivity contribution in [1.82, 2.24) is 25.2 Å². The second-order valence-corrected chi connectivity index (χ2v) is 10.1. The molecule has 2 N–H and O–H groups in total. The number of anilines is 1. The summed E-state index contributed by atoms with van der Waals surface area (Å²) < 4.78 is 28.1. The Morgan fingerprint density at radius 2 is 1.86 bits per heavy atom. The summed E-state index contributed by atoms with van der Waals surface area (Å²) in [4.78, 5) is 40.8. The third kappa shape index (κ3) is 4.57. The molecule has 0 spiro atoms. The number of nitrogens with one attached hydrogen (secondary N) is 2. The van der Waals surface area contributed by atoms with Crippen molar-refractivity contribution < 1.29 is 13.6 Å². The van der Waals surface area contributed by atoms with Crippen LogP contribution in [-0.2, 0) is 0 Å². The zero-order valence-corrected chi connectivity index (χ0v) is 19.8. The molecule has 6 rings (SSSR count). The number of pyridine rings is 1. The van der Waals surface area contributed by atoms with Crippen LogP contribution < -0.4 is 15.8 Å². The predicted molar refractivity (Wildman–Crippen MR) is 131 cm³/mol. The molecule has 2 atom stereocenters. The molecule has 10 heteroatoms. The molecule has 0 radical (unpaired) electrons. The molecule has 0 bridgehead atoms. The van der Waals surface area contributed by atoms with E-state index in [-0.39, 0.29) is 28.6 Å². The maximum absolute atomic E-state index is 14.6. The van der Waals surface area contributed by atoms with Crippen LogP contribution in [0.25, 0.3) is 10.9 Å². The first-order valence-corrected chi connectivity index (χ1v) is 12.6. The Hall–Kier alpha value is -3.40. The minimum Gasteiger partial charge on any atom is -0.368 e. The van der Waals surface area contributed by atoms with E-state index in [1.165, 1.54) is 18.2 Å². The van der Waals surface area contributed by atoms with Gasteiger partial charge in [-0.2, -0.15) is 0 Å². The van der Waals surface area contributed by atoms with Crippen molar-refractivity contribution in [2.45, 2.75) is 50.1 Å². The standard InChI is InChI=1S/C26H28F2N6O2/c27-16-2-6-22-20(12-16)25(35)32-24(31-22)15-1-5-18(11-15)33-7-9-34(10-8-33)19-13-21(28)23(29-14-19)26(36)30-17-3-4-17/h2,6,12-15,17-18H,1,3-5,7-11H2,(H,30,36)(H,31,32,35)/t15-,18+/m1/s1. The molecular formula is C26H28F2N6O2. The summed E-state index contributed by atoms with van der Waals surface area (Å²) in [6, 6.07) is 6.05. The Balaban J connectivity index is 1.07. The number of carbonyl (C=O) groups is 1. The molecule has 1 aliphatic heterocycles. The summed E-state index contributed by atoms with van der Waals surface area (Å²) in [5.41, 5.74) is 0.757. The molecule has 8 nitrogen and oxygen atoms in total. The van der Waals surface area contributed by atoms with Gasteiger partial charge in [0.05, 0.1) is 22.8 Å². The molecule has 3 aliphatic rings. The van der Waals surface area contributed by atoms with E-state index in [0.29, 0.717) is 23.1 Å². The van der Waals surface area contributed by atoms with Gasteiger partial charge in [-0.05, 0) is 50.3 Å². The number of fused-ring (bicyclic) bond motifs is 1. The summed E-state index contributed by atoms with van der Waals surface area (Å²) in [5.74, 6) is -0.658. The average Bonchev–Trinajstić information content (AvgIpc) is 3.55. The van der Waals surface area contributed by atoms with Gasteiger partial charge in [-0.25, -0.2) is 18.7 Å². The van der Waals surface area contributed by atoms with Crippen LogP contribution in [0.2, 0.25) is 0 Å². The van der Waals surface area contributed by atoms with Gasteiger partial charge in [0.2, 0.25) is 0 Å². The number of aromatic nitrogens is 3. The monoisotopic (exact) mass is 494 g/mol. The van der Waals surface area contributed by atoms with Crippen molar-refractivity contribution >= 4 is 22.5 Å². The van der Waals surface area contributed by atoms with E-state index >= 15 is 0 Å². The Kier molecular flexibility index (Phi) is 5.91. The normalized spacial score (nSPS) is 22.8. The zero-order chi connectivity index (χ0) is 24.8. The van der Waals surface area contributed by atoms with Gasteiger partial charge >= 0.3 is 0 Å². The number of benzene rings is 1. The Labute approximate surface area is 206 Å². The third-order valence-electron chi connectivity index (χ3n) is 7.63. The number of carbonyl (C=O) groups excluding carboxylic acids is 1. The van der Waals surface area contributed by atoms with Crippen molar-refractivity contribution in [3.05, 3.63) is 64.0 Å². The van der Waals surface area contributed by atoms with Crippen molar-refractivity contribution in [2.24, 2.45) is 0 Å². The lowest BCUT2D eigenvalue weighted by molar-refractivity contribution is 0.0941. The number of aromatic amines is 1. The highest BCUT2D eigenvalue weighted by atomic mass is 19.1. The van der Waals surface area contributed by atoms with E-state index in [4.69, 9.17) is 0 Å². The summed E-state index contributed by atoms with van der Waals surface area (Å²) in [5, 5.41) is 3.05. The number of halogens is 2. The molecule has 2 aromatic heterocycles. The van der Waals surface area contributed by atoms with E-state index in [2.05, 4.69) is 30.1 Å². The summed E-state index contributed by atoms with van der Waals surface area (Å²) in [6.07, 6.45) is 6.30. The Morgan fingerprint density at radius 3 is 2.61 bits per heavy atom. The summed E-state index contributed by atoms with van der Waals surface area (Å²) >= 11 is 0. The lowest BCUT2D eigenvalue weighted by Crippen LogP contribution is -2.50. The van der Waals surface area contributed by atoms with Crippen molar-refractivity contribution in [3.63, 3.8) is 0 Å². The lowest BCUT2D eigenvalue weighted by atomic mass is 10.1.